The van der Waals surface area contributed by atoms with Crippen molar-refractivity contribution in [1.29, 1.82) is 0 Å². The Kier molecular flexibility index (Phi) is 4.84. The SMILES string of the molecule is CS(=O)(=O)N[C@H](CS(=O)(=O)c1ccc(F)cc1)C(=O)O. The number of nitrogens with one attached hydrogen (secondary N) is 1. The molecule has 0 amide bonds. The van der Waals surface area contributed by atoms with Crippen LogP contribution < -0.4 is 4.72 Å². The third kappa shape index (κ3) is 4.87. The second-order valence-electron chi connectivity index (χ2n) is 4.02. The first kappa shape index (κ1) is 16.5. The monoisotopic (exact) mass is 325 g/mol. The van der Waals surface area contributed by atoms with Crippen LogP contribution in [0.4, 0.5) is 4.39 Å². The molecule has 10 heteroatoms. The molecule has 0 bridgehead atoms. The Balaban J connectivity index is 3.03. The molecule has 0 aliphatic carbocycles. The molecule has 0 aliphatic heterocycles. The lowest BCUT2D eigenvalue weighted by atomic mass is 10.3. The molecule has 1 atom stereocenters. The third-order valence-electron chi connectivity index (χ3n) is 2.21. The van der Waals surface area contributed by atoms with Gasteiger partial charge in [-0.05, 0) is 24.3 Å². The molecule has 112 valence electrons. The molecule has 1 aromatic carbocycles. The van der Waals surface area contributed by atoms with Crippen LogP contribution in [-0.4, -0.2) is 46.0 Å². The fourth-order valence-electron chi connectivity index (χ4n) is 1.37. The molecule has 7 nitrogen and oxygen atoms in total. The zero-order valence-corrected chi connectivity index (χ0v) is 11.9. The normalized spacial score (nSPS) is 13.9. The summed E-state index contributed by atoms with van der Waals surface area (Å²) in [7, 11) is -7.95. The predicted molar refractivity (Wildman–Crippen MR) is 67.9 cm³/mol. The molecule has 0 radical (unpaired) electrons. The fourth-order valence-corrected chi connectivity index (χ4v) is 3.59. The van der Waals surface area contributed by atoms with Gasteiger partial charge in [0.25, 0.3) is 0 Å². The Morgan fingerprint density at radius 2 is 1.75 bits per heavy atom. The van der Waals surface area contributed by atoms with E-state index in [1.54, 1.807) is 4.72 Å². The number of hydrogen-bond donors (Lipinski definition) is 2. The molecule has 0 unspecified atom stereocenters. The van der Waals surface area contributed by atoms with Crippen molar-refractivity contribution in [2.24, 2.45) is 0 Å². The van der Waals surface area contributed by atoms with Crippen molar-refractivity contribution in [3.05, 3.63) is 30.1 Å². The first-order chi connectivity index (χ1) is 9.01. The van der Waals surface area contributed by atoms with Gasteiger partial charge in [0.1, 0.15) is 11.9 Å². The smallest absolute Gasteiger partial charge is 0.322 e. The fraction of sp³-hybridized carbons (Fsp3) is 0.300. The van der Waals surface area contributed by atoms with Gasteiger partial charge in [0.2, 0.25) is 10.0 Å². The molecule has 0 saturated carbocycles. The van der Waals surface area contributed by atoms with Gasteiger partial charge in [-0.2, -0.15) is 0 Å². The van der Waals surface area contributed by atoms with Crippen LogP contribution in [0.2, 0.25) is 0 Å². The molecule has 0 heterocycles. The maximum Gasteiger partial charge on any atom is 0.322 e. The molecular formula is C10H12FNO6S2. The van der Waals surface area contributed by atoms with Crippen LogP contribution in [0.3, 0.4) is 0 Å². The van der Waals surface area contributed by atoms with E-state index in [4.69, 9.17) is 5.11 Å². The molecular weight excluding hydrogens is 313 g/mol. The summed E-state index contributed by atoms with van der Waals surface area (Å²) in [5, 5.41) is 8.84. The van der Waals surface area contributed by atoms with Gasteiger partial charge in [0.15, 0.2) is 9.84 Å². The van der Waals surface area contributed by atoms with Gasteiger partial charge in [-0.25, -0.2) is 25.9 Å². The van der Waals surface area contributed by atoms with E-state index >= 15 is 0 Å². The average Bonchev–Trinajstić information content (AvgIpc) is 2.26. The van der Waals surface area contributed by atoms with E-state index < -0.39 is 43.4 Å². The Hall–Kier alpha value is -1.52. The van der Waals surface area contributed by atoms with Gasteiger partial charge >= 0.3 is 5.97 Å². The highest BCUT2D eigenvalue weighted by Gasteiger charge is 2.28. The summed E-state index contributed by atoms with van der Waals surface area (Å²) < 4.78 is 60.3. The molecule has 1 aromatic rings. The van der Waals surface area contributed by atoms with Crippen molar-refractivity contribution in [3.63, 3.8) is 0 Å². The van der Waals surface area contributed by atoms with Crippen LogP contribution in [0.5, 0.6) is 0 Å². The molecule has 20 heavy (non-hydrogen) atoms. The van der Waals surface area contributed by atoms with Gasteiger partial charge in [0, 0.05) is 0 Å². The summed E-state index contributed by atoms with van der Waals surface area (Å²) in [6.45, 7) is 0. The van der Waals surface area contributed by atoms with E-state index in [2.05, 4.69) is 0 Å². The number of halogens is 1. The predicted octanol–water partition coefficient (Wildman–Crippen LogP) is -0.398. The number of hydrogen-bond acceptors (Lipinski definition) is 5. The quantitative estimate of drug-likeness (QED) is 0.687. The standard InChI is InChI=1S/C10H12FNO6S2/c1-19(15,16)12-9(10(13)14)6-20(17,18)8-4-2-7(11)3-5-8/h2-5,9,12H,6H2,1H3,(H,13,14)/t9-/m1/s1. The third-order valence-corrected chi connectivity index (χ3v) is 4.69. The number of benzene rings is 1. The largest absolute Gasteiger partial charge is 0.480 e. The van der Waals surface area contributed by atoms with Crippen molar-refractivity contribution >= 4 is 25.8 Å². The van der Waals surface area contributed by atoms with Crippen LogP contribution in [-0.2, 0) is 24.7 Å². The Labute approximate surface area is 115 Å². The molecule has 0 fully saturated rings. The number of rotatable bonds is 6. The second kappa shape index (κ2) is 5.85. The minimum Gasteiger partial charge on any atom is -0.480 e. The van der Waals surface area contributed by atoms with Crippen LogP contribution in [0.1, 0.15) is 0 Å². The summed E-state index contributed by atoms with van der Waals surface area (Å²) >= 11 is 0. The Morgan fingerprint density at radius 3 is 2.15 bits per heavy atom. The summed E-state index contributed by atoms with van der Waals surface area (Å²) in [5.74, 6) is -3.24. The Morgan fingerprint density at radius 1 is 1.25 bits per heavy atom. The zero-order valence-electron chi connectivity index (χ0n) is 10.3. The van der Waals surface area contributed by atoms with Crippen LogP contribution >= 0.6 is 0 Å². The van der Waals surface area contributed by atoms with Crippen molar-refractivity contribution in [2.45, 2.75) is 10.9 Å². The number of sulfonamides is 1. The second-order valence-corrected chi connectivity index (χ2v) is 7.83. The lowest BCUT2D eigenvalue weighted by Crippen LogP contribution is -2.44. The van der Waals surface area contributed by atoms with Gasteiger partial charge in [-0.3, -0.25) is 4.79 Å². The van der Waals surface area contributed by atoms with Gasteiger partial charge in [-0.1, -0.05) is 0 Å². The van der Waals surface area contributed by atoms with Gasteiger partial charge < -0.3 is 5.11 Å². The van der Waals surface area contributed by atoms with Gasteiger partial charge in [0.05, 0.1) is 16.9 Å². The lowest BCUT2D eigenvalue weighted by Gasteiger charge is -2.13. The first-order valence-electron chi connectivity index (χ1n) is 5.20. The minimum atomic E-state index is -4.07. The van der Waals surface area contributed by atoms with Crippen LogP contribution in [0.25, 0.3) is 0 Å². The van der Waals surface area contributed by atoms with E-state index in [0.717, 1.165) is 24.3 Å². The highest BCUT2D eigenvalue weighted by Crippen LogP contribution is 2.13. The highest BCUT2D eigenvalue weighted by atomic mass is 32.2. The summed E-state index contributed by atoms with van der Waals surface area (Å²) in [6, 6.07) is 1.95. The van der Waals surface area contributed by atoms with Gasteiger partial charge in [-0.15, -0.1) is 0 Å². The first-order valence-corrected chi connectivity index (χ1v) is 8.74. The molecule has 0 aliphatic rings. The number of aliphatic carboxylic acids is 1. The number of sulfone groups is 1. The van der Waals surface area contributed by atoms with E-state index in [9.17, 15) is 26.0 Å². The molecule has 0 aromatic heterocycles. The Bertz CT molecular complexity index is 696. The van der Waals surface area contributed by atoms with E-state index in [0.29, 0.717) is 6.26 Å². The topological polar surface area (TPSA) is 118 Å². The zero-order chi connectivity index (χ0) is 15.6. The van der Waals surface area contributed by atoms with E-state index in [1.807, 2.05) is 0 Å². The number of carbonyl (C=O) groups is 1. The van der Waals surface area contributed by atoms with E-state index in [1.165, 1.54) is 0 Å². The maximum atomic E-state index is 12.7. The summed E-state index contributed by atoms with van der Waals surface area (Å²) in [4.78, 5) is 10.6. The summed E-state index contributed by atoms with van der Waals surface area (Å²) in [6.07, 6.45) is 0.716. The molecule has 0 saturated heterocycles. The van der Waals surface area contributed by atoms with Crippen LogP contribution in [0.15, 0.2) is 29.2 Å². The number of carboxylic acids is 1. The molecule has 0 spiro atoms. The van der Waals surface area contributed by atoms with Crippen molar-refractivity contribution in [3.8, 4) is 0 Å². The molecule has 2 N–H and O–H groups in total. The summed E-state index contributed by atoms with van der Waals surface area (Å²) in [5.41, 5.74) is 0. The van der Waals surface area contributed by atoms with E-state index in [-0.39, 0.29) is 4.90 Å². The minimum absolute atomic E-state index is 0.291. The average molecular weight is 325 g/mol. The van der Waals surface area contributed by atoms with Crippen molar-refractivity contribution in [2.75, 3.05) is 12.0 Å². The van der Waals surface area contributed by atoms with Crippen molar-refractivity contribution in [1.82, 2.24) is 4.72 Å². The van der Waals surface area contributed by atoms with Crippen LogP contribution in [0, 0.1) is 5.82 Å². The lowest BCUT2D eigenvalue weighted by molar-refractivity contribution is -0.138. The van der Waals surface area contributed by atoms with Crippen molar-refractivity contribution < 1.29 is 31.1 Å². The highest BCUT2D eigenvalue weighted by molar-refractivity contribution is 7.91. The number of carboxylic acid groups (broad SMARTS) is 1. The maximum absolute atomic E-state index is 12.7. The molecule has 1 rings (SSSR count).